The van der Waals surface area contributed by atoms with Gasteiger partial charge in [-0.1, -0.05) is 17.7 Å². The highest BCUT2D eigenvalue weighted by atomic mass is 32.1. The zero-order chi connectivity index (χ0) is 10.8. The van der Waals surface area contributed by atoms with Crippen molar-refractivity contribution >= 4 is 11.3 Å². The van der Waals surface area contributed by atoms with Gasteiger partial charge in [-0.15, -0.1) is 11.3 Å². The number of aromatic nitrogens is 1. The highest BCUT2D eigenvalue weighted by Crippen LogP contribution is 2.25. The van der Waals surface area contributed by atoms with E-state index in [2.05, 4.69) is 42.4 Å². The van der Waals surface area contributed by atoms with Gasteiger partial charge in [0.05, 0.1) is 5.69 Å². The molecule has 3 heteroatoms. The third-order valence-electron chi connectivity index (χ3n) is 2.40. The first kappa shape index (κ1) is 10.3. The maximum absolute atomic E-state index is 5.56. The number of thiazole rings is 1. The van der Waals surface area contributed by atoms with Crippen molar-refractivity contribution in [3.05, 3.63) is 39.7 Å². The van der Waals surface area contributed by atoms with Crippen LogP contribution in [0.3, 0.4) is 0 Å². The highest BCUT2D eigenvalue weighted by Gasteiger charge is 2.06. The second-order valence-electron chi connectivity index (χ2n) is 3.65. The number of nitrogens with zero attached hydrogens (tertiary/aromatic N) is 1. The quantitative estimate of drug-likeness (QED) is 0.841. The third kappa shape index (κ3) is 2.08. The summed E-state index contributed by atoms with van der Waals surface area (Å²) in [5, 5.41) is 3.06. The maximum Gasteiger partial charge on any atom is 0.107 e. The van der Waals surface area contributed by atoms with Gasteiger partial charge >= 0.3 is 0 Å². The number of hydrogen-bond acceptors (Lipinski definition) is 3. The molecule has 0 spiro atoms. The molecule has 0 aliphatic rings. The van der Waals surface area contributed by atoms with Gasteiger partial charge in [-0.05, 0) is 25.5 Å². The molecule has 0 saturated heterocycles. The van der Waals surface area contributed by atoms with E-state index >= 15 is 0 Å². The summed E-state index contributed by atoms with van der Waals surface area (Å²) in [4.78, 5) is 4.49. The average molecular weight is 218 g/mol. The first-order chi connectivity index (χ1) is 7.20. The molecule has 78 valence electrons. The monoisotopic (exact) mass is 218 g/mol. The fraction of sp³-hybridized carbons (Fsp3) is 0.250. The Bertz CT molecular complexity index is 474. The molecule has 0 unspecified atom stereocenters. The Hall–Kier alpha value is -1.19. The number of hydrogen-bond donors (Lipinski definition) is 1. The number of aryl methyl sites for hydroxylation is 2. The summed E-state index contributed by atoms with van der Waals surface area (Å²) in [7, 11) is 0. The molecule has 0 amide bonds. The van der Waals surface area contributed by atoms with Crippen LogP contribution in [0.25, 0.3) is 11.3 Å². The van der Waals surface area contributed by atoms with Crippen molar-refractivity contribution < 1.29 is 0 Å². The lowest BCUT2D eigenvalue weighted by molar-refractivity contribution is 1.04. The maximum atomic E-state index is 5.56. The van der Waals surface area contributed by atoms with Crippen molar-refractivity contribution in [2.75, 3.05) is 0 Å². The van der Waals surface area contributed by atoms with Crippen LogP contribution >= 0.6 is 11.3 Å². The zero-order valence-electron chi connectivity index (χ0n) is 8.95. The Morgan fingerprint density at radius 3 is 2.80 bits per heavy atom. The second-order valence-corrected chi connectivity index (χ2v) is 4.59. The number of rotatable bonds is 2. The van der Waals surface area contributed by atoms with Gasteiger partial charge in [0.25, 0.3) is 0 Å². The summed E-state index contributed by atoms with van der Waals surface area (Å²) in [5.41, 5.74) is 10.3. The van der Waals surface area contributed by atoms with Gasteiger partial charge in [0.1, 0.15) is 5.01 Å². The molecule has 2 rings (SSSR count). The van der Waals surface area contributed by atoms with Crippen LogP contribution < -0.4 is 5.73 Å². The van der Waals surface area contributed by atoms with Crippen molar-refractivity contribution in [3.8, 4) is 11.3 Å². The molecule has 15 heavy (non-hydrogen) atoms. The fourth-order valence-electron chi connectivity index (χ4n) is 1.54. The molecule has 2 N–H and O–H groups in total. The second kappa shape index (κ2) is 4.13. The molecule has 0 atom stereocenters. The molecule has 0 bridgehead atoms. The fourth-order valence-corrected chi connectivity index (χ4v) is 2.21. The molecule has 2 nitrogen and oxygen atoms in total. The van der Waals surface area contributed by atoms with Crippen molar-refractivity contribution in [3.63, 3.8) is 0 Å². The Kier molecular flexibility index (Phi) is 2.84. The lowest BCUT2D eigenvalue weighted by Gasteiger charge is -2.03. The Balaban J connectivity index is 2.48. The predicted molar refractivity (Wildman–Crippen MR) is 64.9 cm³/mol. The van der Waals surface area contributed by atoms with E-state index in [0.717, 1.165) is 10.7 Å². The Morgan fingerprint density at radius 2 is 2.13 bits per heavy atom. The minimum absolute atomic E-state index is 0.523. The van der Waals surface area contributed by atoms with Crippen molar-refractivity contribution in [2.24, 2.45) is 5.73 Å². The molecular weight excluding hydrogens is 204 g/mol. The van der Waals surface area contributed by atoms with Crippen molar-refractivity contribution in [1.29, 1.82) is 0 Å². The molecule has 0 saturated carbocycles. The summed E-state index contributed by atoms with van der Waals surface area (Å²) in [6.07, 6.45) is 0. The van der Waals surface area contributed by atoms with E-state index in [0.29, 0.717) is 6.54 Å². The van der Waals surface area contributed by atoms with E-state index in [1.807, 2.05) is 0 Å². The summed E-state index contributed by atoms with van der Waals surface area (Å²) in [6, 6.07) is 6.42. The van der Waals surface area contributed by atoms with E-state index in [1.54, 1.807) is 11.3 Å². The van der Waals surface area contributed by atoms with E-state index in [9.17, 15) is 0 Å². The van der Waals surface area contributed by atoms with Gasteiger partial charge in [-0.25, -0.2) is 4.98 Å². The normalized spacial score (nSPS) is 10.6. The molecule has 0 aliphatic carbocycles. The minimum atomic E-state index is 0.523. The van der Waals surface area contributed by atoms with Gasteiger partial charge in [-0.3, -0.25) is 0 Å². The molecule has 1 aromatic heterocycles. The summed E-state index contributed by atoms with van der Waals surface area (Å²) in [6.45, 7) is 4.73. The van der Waals surface area contributed by atoms with Crippen LogP contribution in [0.2, 0.25) is 0 Å². The largest absolute Gasteiger partial charge is 0.325 e. The molecule has 0 radical (unpaired) electrons. The van der Waals surface area contributed by atoms with E-state index in [-0.39, 0.29) is 0 Å². The van der Waals surface area contributed by atoms with Crippen LogP contribution in [-0.2, 0) is 6.54 Å². The molecule has 1 heterocycles. The summed E-state index contributed by atoms with van der Waals surface area (Å²) in [5.74, 6) is 0. The topological polar surface area (TPSA) is 38.9 Å². The van der Waals surface area contributed by atoms with Crippen molar-refractivity contribution in [2.45, 2.75) is 20.4 Å². The van der Waals surface area contributed by atoms with E-state index in [1.165, 1.54) is 16.7 Å². The third-order valence-corrected chi connectivity index (χ3v) is 3.27. The Morgan fingerprint density at radius 1 is 1.33 bits per heavy atom. The SMILES string of the molecule is Cc1ccc(C)c(-c2csc(CN)n2)c1. The van der Waals surface area contributed by atoms with Crippen LogP contribution in [0.4, 0.5) is 0 Å². The first-order valence-corrected chi connectivity index (χ1v) is 5.81. The molecule has 0 fully saturated rings. The van der Waals surface area contributed by atoms with Gasteiger partial charge in [0.15, 0.2) is 0 Å². The zero-order valence-corrected chi connectivity index (χ0v) is 9.77. The highest BCUT2D eigenvalue weighted by molar-refractivity contribution is 7.09. The average Bonchev–Trinajstić information content (AvgIpc) is 2.70. The lowest BCUT2D eigenvalue weighted by atomic mass is 10.0. The van der Waals surface area contributed by atoms with Crippen LogP contribution in [0.5, 0.6) is 0 Å². The lowest BCUT2D eigenvalue weighted by Crippen LogP contribution is -1.95. The minimum Gasteiger partial charge on any atom is -0.325 e. The van der Waals surface area contributed by atoms with Gasteiger partial charge in [0.2, 0.25) is 0 Å². The molecule has 2 aromatic rings. The summed E-state index contributed by atoms with van der Waals surface area (Å²) >= 11 is 1.62. The van der Waals surface area contributed by atoms with Crippen LogP contribution in [0.1, 0.15) is 16.1 Å². The molecule has 0 aliphatic heterocycles. The Labute approximate surface area is 93.8 Å². The van der Waals surface area contributed by atoms with E-state index < -0.39 is 0 Å². The van der Waals surface area contributed by atoms with E-state index in [4.69, 9.17) is 5.73 Å². The summed E-state index contributed by atoms with van der Waals surface area (Å²) < 4.78 is 0. The van der Waals surface area contributed by atoms with Crippen LogP contribution in [-0.4, -0.2) is 4.98 Å². The molecule has 1 aromatic carbocycles. The van der Waals surface area contributed by atoms with Crippen LogP contribution in [0, 0.1) is 13.8 Å². The smallest absolute Gasteiger partial charge is 0.107 e. The van der Waals surface area contributed by atoms with Gasteiger partial charge < -0.3 is 5.73 Å². The molecular formula is C12H14N2S. The van der Waals surface area contributed by atoms with Crippen LogP contribution in [0.15, 0.2) is 23.6 Å². The van der Waals surface area contributed by atoms with Gasteiger partial charge in [0, 0.05) is 17.5 Å². The van der Waals surface area contributed by atoms with Gasteiger partial charge in [-0.2, -0.15) is 0 Å². The number of benzene rings is 1. The number of nitrogens with two attached hydrogens (primary N) is 1. The predicted octanol–water partition coefficient (Wildman–Crippen LogP) is 2.89. The first-order valence-electron chi connectivity index (χ1n) is 4.93. The standard InChI is InChI=1S/C12H14N2S/c1-8-3-4-9(2)10(5-8)11-7-15-12(6-13)14-11/h3-5,7H,6,13H2,1-2H3. The van der Waals surface area contributed by atoms with Crippen molar-refractivity contribution in [1.82, 2.24) is 4.98 Å².